The molecule has 176 valence electrons. The molecule has 0 bridgehead atoms. The number of hydrogen-bond acceptors (Lipinski definition) is 7. The summed E-state index contributed by atoms with van der Waals surface area (Å²) < 4.78 is 18.2. The topological polar surface area (TPSA) is 79.1 Å². The van der Waals surface area contributed by atoms with Gasteiger partial charge in [0.15, 0.2) is 4.80 Å². The number of allylic oxidation sites excluding steroid dienone is 1. The second kappa shape index (κ2) is 9.69. The fourth-order valence-electron chi connectivity index (χ4n) is 3.84. The molecule has 2 aromatic carbocycles. The van der Waals surface area contributed by atoms with Crippen molar-refractivity contribution in [3.63, 3.8) is 0 Å². The van der Waals surface area contributed by atoms with Gasteiger partial charge in [-0.15, -0.1) is 0 Å². The molecule has 4 rings (SSSR count). The van der Waals surface area contributed by atoms with E-state index in [0.717, 1.165) is 11.1 Å². The summed E-state index contributed by atoms with van der Waals surface area (Å²) in [7, 11) is 3.19. The minimum absolute atomic E-state index is 0.227. The molecule has 0 spiro atoms. The normalized spacial score (nSPS) is 15.7. The first-order valence-corrected chi connectivity index (χ1v) is 11.7. The molecule has 1 aromatic heterocycles. The zero-order valence-electron chi connectivity index (χ0n) is 19.7. The zero-order chi connectivity index (χ0) is 24.4. The molecule has 1 aliphatic rings. The van der Waals surface area contributed by atoms with Crippen LogP contribution in [-0.2, 0) is 9.53 Å². The Bertz CT molecular complexity index is 1430. The largest absolute Gasteiger partial charge is 0.497 e. The van der Waals surface area contributed by atoms with Crippen LogP contribution in [0.5, 0.6) is 11.5 Å². The number of nitrogens with zero attached hydrogens (tertiary/aromatic N) is 2. The molecule has 8 heteroatoms. The first-order valence-electron chi connectivity index (χ1n) is 10.8. The molecule has 0 saturated heterocycles. The van der Waals surface area contributed by atoms with Crippen molar-refractivity contribution in [3.8, 4) is 11.5 Å². The number of thiazole rings is 1. The quantitative estimate of drug-likeness (QED) is 0.509. The molecule has 0 saturated carbocycles. The maximum absolute atomic E-state index is 13.6. The third-order valence-corrected chi connectivity index (χ3v) is 6.39. The van der Waals surface area contributed by atoms with Crippen molar-refractivity contribution in [1.82, 2.24) is 4.57 Å². The second-order valence-corrected chi connectivity index (χ2v) is 9.09. The van der Waals surface area contributed by atoms with Gasteiger partial charge in [-0.3, -0.25) is 9.36 Å². The van der Waals surface area contributed by atoms with E-state index in [4.69, 9.17) is 14.2 Å². The summed E-state index contributed by atoms with van der Waals surface area (Å²) in [5.74, 6) is 0.896. The van der Waals surface area contributed by atoms with Gasteiger partial charge in [-0.2, -0.15) is 0 Å². The highest BCUT2D eigenvalue weighted by Crippen LogP contribution is 2.31. The molecule has 3 aromatic rings. The number of rotatable bonds is 6. The number of esters is 1. The molecule has 1 atom stereocenters. The van der Waals surface area contributed by atoms with Crippen molar-refractivity contribution in [1.29, 1.82) is 0 Å². The van der Waals surface area contributed by atoms with Crippen molar-refractivity contribution in [2.24, 2.45) is 4.99 Å². The maximum atomic E-state index is 13.6. The highest BCUT2D eigenvalue weighted by molar-refractivity contribution is 7.07. The van der Waals surface area contributed by atoms with E-state index in [-0.39, 0.29) is 11.7 Å². The summed E-state index contributed by atoms with van der Waals surface area (Å²) >= 11 is 1.28. The van der Waals surface area contributed by atoms with Gasteiger partial charge in [0, 0.05) is 0 Å². The predicted molar refractivity (Wildman–Crippen MR) is 131 cm³/mol. The van der Waals surface area contributed by atoms with Crippen LogP contribution >= 0.6 is 11.3 Å². The third-order valence-electron chi connectivity index (χ3n) is 5.41. The highest BCUT2D eigenvalue weighted by Gasteiger charge is 2.33. The Morgan fingerprint density at radius 3 is 2.44 bits per heavy atom. The monoisotopic (exact) mass is 478 g/mol. The third kappa shape index (κ3) is 4.54. The zero-order valence-corrected chi connectivity index (χ0v) is 20.5. The summed E-state index contributed by atoms with van der Waals surface area (Å²) in [5, 5.41) is 0. The molecule has 0 N–H and O–H groups in total. The Labute approximate surface area is 201 Å². The lowest BCUT2D eigenvalue weighted by Crippen LogP contribution is -2.40. The van der Waals surface area contributed by atoms with Crippen molar-refractivity contribution in [2.75, 3.05) is 14.2 Å². The van der Waals surface area contributed by atoms with Crippen molar-refractivity contribution in [3.05, 3.63) is 90.6 Å². The summed E-state index contributed by atoms with van der Waals surface area (Å²) in [6.45, 7) is 5.35. The summed E-state index contributed by atoms with van der Waals surface area (Å²) in [5.41, 5.74) is 2.25. The number of aromatic nitrogens is 1. The standard InChI is InChI=1S/C26H26N2O5S/c1-15(2)33-25(30)22-16(3)27-26-28(23(22)18-9-11-19(31-4)12-10-18)24(29)21(34-26)14-17-7-6-8-20(13-17)32-5/h6-15,23H,1-5H3/b21-14-/t23-/m1/s1. The average molecular weight is 479 g/mol. The van der Waals surface area contributed by atoms with Gasteiger partial charge < -0.3 is 14.2 Å². The lowest BCUT2D eigenvalue weighted by atomic mass is 9.96. The first kappa shape index (κ1) is 23.5. The molecule has 0 amide bonds. The smallest absolute Gasteiger partial charge is 0.338 e. The molecule has 0 fully saturated rings. The van der Waals surface area contributed by atoms with Gasteiger partial charge in [0.05, 0.1) is 42.2 Å². The van der Waals surface area contributed by atoms with E-state index in [1.54, 1.807) is 39.6 Å². The van der Waals surface area contributed by atoms with Crippen molar-refractivity contribution >= 4 is 23.4 Å². The summed E-state index contributed by atoms with van der Waals surface area (Å²) in [4.78, 5) is 31.9. The number of carbonyl (C=O) groups is 1. The van der Waals surface area contributed by atoms with Crippen LogP contribution in [0.2, 0.25) is 0 Å². The Hall–Kier alpha value is -3.65. The predicted octanol–water partition coefficient (Wildman–Crippen LogP) is 3.20. The number of fused-ring (bicyclic) bond motifs is 1. The molecule has 2 heterocycles. The van der Waals surface area contributed by atoms with E-state index >= 15 is 0 Å². The minimum Gasteiger partial charge on any atom is -0.497 e. The van der Waals surface area contributed by atoms with Crippen molar-refractivity contribution < 1.29 is 19.0 Å². The molecule has 1 aliphatic heterocycles. The van der Waals surface area contributed by atoms with Crippen LogP contribution < -0.4 is 24.4 Å². The molecule has 34 heavy (non-hydrogen) atoms. The number of hydrogen-bond donors (Lipinski definition) is 0. The van der Waals surface area contributed by atoms with E-state index < -0.39 is 12.0 Å². The van der Waals surface area contributed by atoms with Gasteiger partial charge in [-0.1, -0.05) is 35.6 Å². The van der Waals surface area contributed by atoms with Crippen LogP contribution in [0, 0.1) is 0 Å². The van der Waals surface area contributed by atoms with E-state index in [9.17, 15) is 9.59 Å². The Kier molecular flexibility index (Phi) is 6.70. The summed E-state index contributed by atoms with van der Waals surface area (Å²) in [6.07, 6.45) is 1.50. The van der Waals surface area contributed by atoms with E-state index in [1.807, 2.05) is 54.6 Å². The lowest BCUT2D eigenvalue weighted by molar-refractivity contribution is -0.143. The van der Waals surface area contributed by atoms with Gasteiger partial charge in [0.25, 0.3) is 5.56 Å². The van der Waals surface area contributed by atoms with Crippen LogP contribution in [0.1, 0.15) is 37.9 Å². The van der Waals surface area contributed by atoms with E-state index in [0.29, 0.717) is 32.1 Å². The van der Waals surface area contributed by atoms with E-state index in [1.165, 1.54) is 11.3 Å². The highest BCUT2D eigenvalue weighted by atomic mass is 32.1. The Morgan fingerprint density at radius 2 is 1.79 bits per heavy atom. The second-order valence-electron chi connectivity index (χ2n) is 8.09. The maximum Gasteiger partial charge on any atom is 0.338 e. The molecular formula is C26H26N2O5S. The van der Waals surface area contributed by atoms with Gasteiger partial charge >= 0.3 is 5.97 Å². The Morgan fingerprint density at radius 1 is 1.09 bits per heavy atom. The average Bonchev–Trinajstić information content (AvgIpc) is 3.12. The Balaban J connectivity index is 1.92. The summed E-state index contributed by atoms with van der Waals surface area (Å²) in [6, 6.07) is 14.1. The van der Waals surface area contributed by atoms with Crippen LogP contribution in [0.3, 0.4) is 0 Å². The molecule has 7 nitrogen and oxygen atoms in total. The molecule has 0 aliphatic carbocycles. The van der Waals surface area contributed by atoms with Gasteiger partial charge in [0.2, 0.25) is 0 Å². The number of carbonyl (C=O) groups excluding carboxylic acids is 1. The van der Waals surface area contributed by atoms with Gasteiger partial charge in [0.1, 0.15) is 11.5 Å². The fourth-order valence-corrected chi connectivity index (χ4v) is 4.89. The van der Waals surface area contributed by atoms with Crippen LogP contribution in [0.15, 0.2) is 69.6 Å². The van der Waals surface area contributed by atoms with Gasteiger partial charge in [-0.05, 0) is 62.2 Å². The van der Waals surface area contributed by atoms with E-state index in [2.05, 4.69) is 4.99 Å². The van der Waals surface area contributed by atoms with Gasteiger partial charge in [-0.25, -0.2) is 9.79 Å². The number of benzene rings is 2. The molecular weight excluding hydrogens is 452 g/mol. The van der Waals surface area contributed by atoms with Crippen LogP contribution in [0.25, 0.3) is 6.08 Å². The fraction of sp³-hybridized carbons (Fsp3) is 0.269. The minimum atomic E-state index is -0.666. The molecule has 0 unspecified atom stereocenters. The van der Waals surface area contributed by atoms with Crippen LogP contribution in [0.4, 0.5) is 0 Å². The van der Waals surface area contributed by atoms with Crippen LogP contribution in [-0.4, -0.2) is 30.9 Å². The van der Waals surface area contributed by atoms with Crippen molar-refractivity contribution in [2.45, 2.75) is 32.9 Å². The lowest BCUT2D eigenvalue weighted by Gasteiger charge is -2.25. The SMILES string of the molecule is COc1ccc([C@@H]2C(C(=O)OC(C)C)=C(C)N=c3s/c(=C\c4cccc(OC)c4)c(=O)n32)cc1. The first-order chi connectivity index (χ1) is 16.3. The number of methoxy groups -OCH3 is 2. The number of ether oxygens (including phenoxy) is 3. The molecule has 0 radical (unpaired) electrons.